The molecule has 1 saturated heterocycles. The SMILES string of the molecule is Cc1cc(C#CC2(C)CCOCC2)cc(C(=O)NC(c2cc3ccccc3[nH]2)c2cc(F)ccc2O)n1. The van der Waals surface area contributed by atoms with Gasteiger partial charge in [0, 0.05) is 46.7 Å². The van der Waals surface area contributed by atoms with Crippen molar-refractivity contribution in [1.82, 2.24) is 15.3 Å². The number of aromatic hydroxyl groups is 1. The fraction of sp³-hybridized carbons (Fsp3) is 0.267. The Kier molecular flexibility index (Phi) is 6.68. The number of aromatic nitrogens is 2. The summed E-state index contributed by atoms with van der Waals surface area (Å²) in [5.74, 6) is 5.47. The first-order valence-corrected chi connectivity index (χ1v) is 12.3. The Hall–Kier alpha value is -4.15. The fourth-order valence-electron chi connectivity index (χ4n) is 4.56. The summed E-state index contributed by atoms with van der Waals surface area (Å²) in [5.41, 5.74) is 3.12. The number of halogens is 1. The first-order valence-electron chi connectivity index (χ1n) is 12.3. The Bertz CT molecular complexity index is 1490. The smallest absolute Gasteiger partial charge is 0.270 e. The number of hydrogen-bond acceptors (Lipinski definition) is 4. The molecule has 6 nitrogen and oxygen atoms in total. The summed E-state index contributed by atoms with van der Waals surface area (Å²) in [6.07, 6.45) is 1.72. The van der Waals surface area contributed by atoms with Crippen molar-refractivity contribution < 1.29 is 19.0 Å². The highest BCUT2D eigenvalue weighted by Gasteiger charge is 2.26. The zero-order valence-corrected chi connectivity index (χ0v) is 20.8. The molecule has 2 aromatic heterocycles. The standard InChI is InChI=1S/C30H28FN3O3/c1-19-15-20(9-10-30(2)11-13-37-14-12-30)16-26(32-19)29(36)34-28(23-18-22(31)7-8-27(23)35)25-17-21-5-3-4-6-24(21)33-25/h3-8,15-18,28,33,35H,11-14H2,1-2H3,(H,34,36). The van der Waals surface area contributed by atoms with Gasteiger partial charge in [-0.25, -0.2) is 9.37 Å². The highest BCUT2D eigenvalue weighted by atomic mass is 19.1. The number of para-hydroxylation sites is 1. The summed E-state index contributed by atoms with van der Waals surface area (Å²) in [6, 6.07) is 15.9. The van der Waals surface area contributed by atoms with Gasteiger partial charge in [-0.1, -0.05) is 30.0 Å². The van der Waals surface area contributed by atoms with Gasteiger partial charge in [-0.05, 0) is 74.5 Å². The van der Waals surface area contributed by atoms with Gasteiger partial charge in [-0.2, -0.15) is 0 Å². The molecule has 0 aliphatic carbocycles. The van der Waals surface area contributed by atoms with Crippen LogP contribution in [0.4, 0.5) is 4.39 Å². The van der Waals surface area contributed by atoms with E-state index in [4.69, 9.17) is 4.74 Å². The van der Waals surface area contributed by atoms with Gasteiger partial charge in [0.15, 0.2) is 0 Å². The molecule has 1 fully saturated rings. The highest BCUT2D eigenvalue weighted by Crippen LogP contribution is 2.32. The minimum atomic E-state index is -0.839. The van der Waals surface area contributed by atoms with Crippen molar-refractivity contribution in [2.75, 3.05) is 13.2 Å². The van der Waals surface area contributed by atoms with Crippen molar-refractivity contribution in [3.05, 3.63) is 94.7 Å². The van der Waals surface area contributed by atoms with Gasteiger partial charge >= 0.3 is 0 Å². The number of hydrogen-bond donors (Lipinski definition) is 3. The second-order valence-corrected chi connectivity index (χ2v) is 9.73. The summed E-state index contributed by atoms with van der Waals surface area (Å²) in [5, 5.41) is 14.4. The lowest BCUT2D eigenvalue weighted by molar-refractivity contribution is 0.0487. The lowest BCUT2D eigenvalue weighted by Gasteiger charge is -2.28. The Morgan fingerprint density at radius 2 is 1.95 bits per heavy atom. The highest BCUT2D eigenvalue weighted by molar-refractivity contribution is 5.93. The number of nitrogens with one attached hydrogen (secondary N) is 2. The minimum absolute atomic E-state index is 0.126. The summed E-state index contributed by atoms with van der Waals surface area (Å²) in [4.78, 5) is 21.2. The van der Waals surface area contributed by atoms with Crippen LogP contribution in [0, 0.1) is 30.0 Å². The van der Waals surface area contributed by atoms with Gasteiger partial charge in [0.2, 0.25) is 0 Å². The molecule has 188 valence electrons. The number of amides is 1. The largest absolute Gasteiger partial charge is 0.508 e. The molecule has 7 heteroatoms. The van der Waals surface area contributed by atoms with Crippen LogP contribution in [0.2, 0.25) is 0 Å². The number of carbonyl (C=O) groups excluding carboxylic acids is 1. The number of ether oxygens (including phenoxy) is 1. The van der Waals surface area contributed by atoms with Crippen LogP contribution in [0.5, 0.6) is 5.75 Å². The fourth-order valence-corrected chi connectivity index (χ4v) is 4.56. The van der Waals surface area contributed by atoms with E-state index in [1.54, 1.807) is 6.07 Å². The zero-order valence-electron chi connectivity index (χ0n) is 20.8. The van der Waals surface area contributed by atoms with Crippen LogP contribution in [-0.4, -0.2) is 34.2 Å². The van der Waals surface area contributed by atoms with Crippen molar-refractivity contribution in [3.8, 4) is 17.6 Å². The number of nitrogens with zero attached hydrogens (tertiary/aromatic N) is 1. The number of H-pyrrole nitrogens is 1. The predicted octanol–water partition coefficient (Wildman–Crippen LogP) is 5.40. The maximum Gasteiger partial charge on any atom is 0.270 e. The van der Waals surface area contributed by atoms with E-state index in [0.29, 0.717) is 30.2 Å². The van der Waals surface area contributed by atoms with Gasteiger partial charge < -0.3 is 20.1 Å². The van der Waals surface area contributed by atoms with E-state index in [9.17, 15) is 14.3 Å². The summed E-state index contributed by atoms with van der Waals surface area (Å²) in [7, 11) is 0. The Balaban J connectivity index is 1.49. The van der Waals surface area contributed by atoms with Crippen molar-refractivity contribution in [2.45, 2.75) is 32.7 Å². The zero-order chi connectivity index (χ0) is 26.0. The van der Waals surface area contributed by atoms with Crippen LogP contribution >= 0.6 is 0 Å². The van der Waals surface area contributed by atoms with Gasteiger partial charge in [0.05, 0.1) is 6.04 Å². The third kappa shape index (κ3) is 5.50. The molecular weight excluding hydrogens is 469 g/mol. The molecule has 1 atom stereocenters. The minimum Gasteiger partial charge on any atom is -0.508 e. The van der Waals surface area contributed by atoms with E-state index in [-0.39, 0.29) is 22.4 Å². The molecule has 0 bridgehead atoms. The third-order valence-electron chi connectivity index (χ3n) is 6.73. The average molecular weight is 498 g/mol. The van der Waals surface area contributed by atoms with Crippen LogP contribution in [-0.2, 0) is 4.74 Å². The summed E-state index contributed by atoms with van der Waals surface area (Å²) >= 11 is 0. The number of aryl methyl sites for hydroxylation is 1. The average Bonchev–Trinajstić information content (AvgIpc) is 3.32. The Labute approximate surface area is 214 Å². The molecule has 2 aromatic carbocycles. The molecular formula is C30H28FN3O3. The Morgan fingerprint density at radius 1 is 1.16 bits per heavy atom. The lowest BCUT2D eigenvalue weighted by Crippen LogP contribution is -2.30. The number of carbonyl (C=O) groups is 1. The van der Waals surface area contributed by atoms with Crippen LogP contribution in [0.25, 0.3) is 10.9 Å². The monoisotopic (exact) mass is 497 g/mol. The van der Waals surface area contributed by atoms with Crippen molar-refractivity contribution in [2.24, 2.45) is 5.41 Å². The van der Waals surface area contributed by atoms with Gasteiger partial charge in [-0.15, -0.1) is 0 Å². The number of rotatable bonds is 4. The number of aromatic amines is 1. The first-order chi connectivity index (χ1) is 17.8. The number of fused-ring (bicyclic) bond motifs is 1. The van der Waals surface area contributed by atoms with Crippen molar-refractivity contribution in [1.29, 1.82) is 0 Å². The molecule has 0 saturated carbocycles. The number of pyridine rings is 1. The molecule has 37 heavy (non-hydrogen) atoms. The quantitative estimate of drug-likeness (QED) is 0.329. The lowest BCUT2D eigenvalue weighted by atomic mass is 9.83. The molecule has 1 unspecified atom stereocenters. The number of phenols is 1. The second-order valence-electron chi connectivity index (χ2n) is 9.73. The van der Waals surface area contributed by atoms with Crippen LogP contribution < -0.4 is 5.32 Å². The number of benzene rings is 2. The normalized spacial score (nSPS) is 15.5. The van der Waals surface area contributed by atoms with Crippen LogP contribution in [0.3, 0.4) is 0 Å². The van der Waals surface area contributed by atoms with Gasteiger partial charge in [-0.3, -0.25) is 4.79 Å². The Morgan fingerprint density at radius 3 is 2.73 bits per heavy atom. The number of phenolic OH excluding ortho intramolecular Hbond substituents is 1. The van der Waals surface area contributed by atoms with E-state index >= 15 is 0 Å². The van der Waals surface area contributed by atoms with Crippen molar-refractivity contribution in [3.63, 3.8) is 0 Å². The van der Waals surface area contributed by atoms with Crippen LogP contribution in [0.15, 0.2) is 60.7 Å². The predicted molar refractivity (Wildman–Crippen MR) is 140 cm³/mol. The topological polar surface area (TPSA) is 87.2 Å². The molecule has 1 aliphatic heterocycles. The van der Waals surface area contributed by atoms with E-state index in [1.165, 1.54) is 18.2 Å². The summed E-state index contributed by atoms with van der Waals surface area (Å²) in [6.45, 7) is 5.32. The molecule has 5 rings (SSSR count). The first kappa shape index (κ1) is 24.5. The molecule has 1 amide bonds. The van der Waals surface area contributed by atoms with Gasteiger partial charge in [0.1, 0.15) is 17.3 Å². The van der Waals surface area contributed by atoms with E-state index < -0.39 is 17.8 Å². The second kappa shape index (κ2) is 10.1. The van der Waals surface area contributed by atoms with Crippen molar-refractivity contribution >= 4 is 16.8 Å². The maximum atomic E-state index is 14.2. The summed E-state index contributed by atoms with van der Waals surface area (Å²) < 4.78 is 19.7. The molecule has 3 N–H and O–H groups in total. The molecule has 4 aromatic rings. The van der Waals surface area contributed by atoms with Gasteiger partial charge in [0.25, 0.3) is 5.91 Å². The maximum absolute atomic E-state index is 14.2. The van der Waals surface area contributed by atoms with E-state index in [0.717, 1.165) is 23.7 Å². The van der Waals surface area contributed by atoms with Crippen LogP contribution in [0.1, 0.15) is 58.8 Å². The molecule has 1 aliphatic rings. The third-order valence-corrected chi connectivity index (χ3v) is 6.73. The molecule has 0 spiro atoms. The molecule has 0 radical (unpaired) electrons. The van der Waals surface area contributed by atoms with E-state index in [1.807, 2.05) is 43.3 Å². The van der Waals surface area contributed by atoms with E-state index in [2.05, 4.69) is 34.0 Å². The molecule has 3 heterocycles.